The van der Waals surface area contributed by atoms with Gasteiger partial charge in [0.1, 0.15) is 5.82 Å². The van der Waals surface area contributed by atoms with Crippen LogP contribution in [0.4, 0.5) is 4.39 Å². The molecule has 0 saturated carbocycles. The summed E-state index contributed by atoms with van der Waals surface area (Å²) in [6.07, 6.45) is 0.338. The quantitative estimate of drug-likeness (QED) is 0.911. The van der Waals surface area contributed by atoms with Crippen molar-refractivity contribution in [1.82, 2.24) is 5.32 Å². The van der Waals surface area contributed by atoms with Gasteiger partial charge in [-0.2, -0.15) is 0 Å². The molecule has 0 atom stereocenters. The normalized spacial score (nSPS) is 11.2. The molecular weight excluding hydrogens is 265 g/mol. The molecule has 0 aromatic heterocycles. The number of carbonyl (C=O) groups excluding carboxylic acids is 1. The molecule has 0 heterocycles. The fraction of sp³-hybridized carbons (Fsp3) is 0.278. The van der Waals surface area contributed by atoms with E-state index in [0.717, 1.165) is 11.1 Å². The van der Waals surface area contributed by atoms with E-state index in [9.17, 15) is 9.18 Å². The van der Waals surface area contributed by atoms with Crippen LogP contribution in [0.3, 0.4) is 0 Å². The van der Waals surface area contributed by atoms with Crippen LogP contribution in [0.15, 0.2) is 48.5 Å². The summed E-state index contributed by atoms with van der Waals surface area (Å²) in [4.78, 5) is 12.2. The van der Waals surface area contributed by atoms with E-state index in [1.165, 1.54) is 17.7 Å². The van der Waals surface area contributed by atoms with Gasteiger partial charge in [0.05, 0.1) is 12.0 Å². The Bertz CT molecular complexity index is 615. The lowest BCUT2D eigenvalue weighted by molar-refractivity contribution is -0.122. The van der Waals surface area contributed by atoms with E-state index in [2.05, 4.69) is 5.32 Å². The molecule has 0 aliphatic carbocycles. The maximum Gasteiger partial charge on any atom is 0.225 e. The van der Waals surface area contributed by atoms with Crippen molar-refractivity contribution in [2.75, 3.05) is 0 Å². The Morgan fingerprint density at radius 1 is 1.05 bits per heavy atom. The third kappa shape index (κ3) is 4.15. The average Bonchev–Trinajstić information content (AvgIpc) is 2.41. The molecule has 0 saturated heterocycles. The van der Waals surface area contributed by atoms with Gasteiger partial charge in [0.2, 0.25) is 5.91 Å². The van der Waals surface area contributed by atoms with Crippen LogP contribution in [0.1, 0.15) is 30.5 Å². The van der Waals surface area contributed by atoms with Crippen molar-refractivity contribution in [3.63, 3.8) is 0 Å². The van der Waals surface area contributed by atoms with Crippen LogP contribution in [0.2, 0.25) is 0 Å². The number of aryl methyl sites for hydroxylation is 1. The lowest BCUT2D eigenvalue weighted by atomic mass is 9.94. The van der Waals surface area contributed by atoms with Gasteiger partial charge in [-0.25, -0.2) is 4.39 Å². The van der Waals surface area contributed by atoms with Gasteiger partial charge in [-0.15, -0.1) is 0 Å². The largest absolute Gasteiger partial charge is 0.347 e. The molecule has 0 aliphatic rings. The number of nitrogens with one attached hydrogen (secondary N) is 1. The monoisotopic (exact) mass is 285 g/mol. The summed E-state index contributed by atoms with van der Waals surface area (Å²) in [5.41, 5.74) is 2.50. The van der Waals surface area contributed by atoms with Crippen LogP contribution in [0.25, 0.3) is 0 Å². The molecule has 0 bridgehead atoms. The second kappa shape index (κ2) is 6.08. The summed E-state index contributed by atoms with van der Waals surface area (Å²) in [5.74, 6) is -0.325. The summed E-state index contributed by atoms with van der Waals surface area (Å²) < 4.78 is 13.0. The van der Waals surface area contributed by atoms with Crippen molar-refractivity contribution < 1.29 is 9.18 Å². The standard InChI is InChI=1S/C18H20FNO/c1-13-4-6-14(7-5-13)12-17(21)20-18(2,3)15-8-10-16(19)11-9-15/h4-11H,12H2,1-3H3,(H,20,21). The molecular formula is C18H20FNO. The lowest BCUT2D eigenvalue weighted by Crippen LogP contribution is -2.41. The van der Waals surface area contributed by atoms with E-state index in [0.29, 0.717) is 6.42 Å². The predicted molar refractivity (Wildman–Crippen MR) is 82.5 cm³/mol. The van der Waals surface area contributed by atoms with Gasteiger partial charge >= 0.3 is 0 Å². The molecule has 2 aromatic carbocycles. The second-order valence-electron chi connectivity index (χ2n) is 5.84. The molecule has 0 unspecified atom stereocenters. The highest BCUT2D eigenvalue weighted by molar-refractivity contribution is 5.79. The SMILES string of the molecule is Cc1ccc(CC(=O)NC(C)(C)c2ccc(F)cc2)cc1. The van der Waals surface area contributed by atoms with E-state index in [1.54, 1.807) is 12.1 Å². The van der Waals surface area contributed by atoms with E-state index in [-0.39, 0.29) is 11.7 Å². The van der Waals surface area contributed by atoms with Gasteiger partial charge < -0.3 is 5.32 Å². The average molecular weight is 285 g/mol. The summed E-state index contributed by atoms with van der Waals surface area (Å²) in [5, 5.41) is 2.99. The third-order valence-electron chi connectivity index (χ3n) is 3.50. The first kappa shape index (κ1) is 15.2. The van der Waals surface area contributed by atoms with Crippen LogP contribution < -0.4 is 5.32 Å². The molecule has 0 spiro atoms. The van der Waals surface area contributed by atoms with Crippen molar-refractivity contribution in [2.45, 2.75) is 32.7 Å². The fourth-order valence-corrected chi connectivity index (χ4v) is 2.22. The molecule has 0 radical (unpaired) electrons. The number of benzene rings is 2. The maximum atomic E-state index is 13.0. The van der Waals surface area contributed by atoms with Crippen molar-refractivity contribution in [3.8, 4) is 0 Å². The van der Waals surface area contributed by atoms with Gasteiger partial charge in [0, 0.05) is 0 Å². The molecule has 1 amide bonds. The minimum atomic E-state index is -0.532. The van der Waals surface area contributed by atoms with Crippen LogP contribution in [0.5, 0.6) is 0 Å². The van der Waals surface area contributed by atoms with Crippen molar-refractivity contribution in [1.29, 1.82) is 0 Å². The van der Waals surface area contributed by atoms with Gasteiger partial charge in [-0.1, -0.05) is 42.0 Å². The van der Waals surface area contributed by atoms with Gasteiger partial charge in [0.25, 0.3) is 0 Å². The van der Waals surface area contributed by atoms with Crippen molar-refractivity contribution in [3.05, 3.63) is 71.0 Å². The second-order valence-corrected chi connectivity index (χ2v) is 5.84. The summed E-state index contributed by atoms with van der Waals surface area (Å²) in [6, 6.07) is 14.1. The van der Waals surface area contributed by atoms with Crippen LogP contribution in [-0.4, -0.2) is 5.91 Å². The number of amides is 1. The molecule has 0 fully saturated rings. The molecule has 110 valence electrons. The van der Waals surface area contributed by atoms with Crippen molar-refractivity contribution >= 4 is 5.91 Å². The van der Waals surface area contributed by atoms with Gasteiger partial charge in [0.15, 0.2) is 0 Å². The Labute approximate surface area is 125 Å². The summed E-state index contributed by atoms with van der Waals surface area (Å²) in [7, 11) is 0. The first-order chi connectivity index (χ1) is 9.87. The highest BCUT2D eigenvalue weighted by Gasteiger charge is 2.22. The summed E-state index contributed by atoms with van der Waals surface area (Å²) in [6.45, 7) is 5.84. The molecule has 2 nitrogen and oxygen atoms in total. The van der Waals surface area contributed by atoms with E-state index >= 15 is 0 Å². The molecule has 21 heavy (non-hydrogen) atoms. The minimum Gasteiger partial charge on any atom is -0.347 e. The smallest absolute Gasteiger partial charge is 0.225 e. The highest BCUT2D eigenvalue weighted by atomic mass is 19.1. The third-order valence-corrected chi connectivity index (χ3v) is 3.50. The molecule has 0 aliphatic heterocycles. The number of hydrogen-bond acceptors (Lipinski definition) is 1. The lowest BCUT2D eigenvalue weighted by Gasteiger charge is -2.27. The summed E-state index contributed by atoms with van der Waals surface area (Å²) >= 11 is 0. The first-order valence-corrected chi connectivity index (χ1v) is 6.99. The first-order valence-electron chi connectivity index (χ1n) is 6.99. The Morgan fingerprint density at radius 2 is 1.62 bits per heavy atom. The number of carbonyl (C=O) groups is 1. The van der Waals surface area contributed by atoms with Crippen LogP contribution in [0, 0.1) is 12.7 Å². The number of rotatable bonds is 4. The Morgan fingerprint density at radius 3 is 2.19 bits per heavy atom. The molecule has 2 aromatic rings. The number of halogens is 1. The fourth-order valence-electron chi connectivity index (χ4n) is 2.22. The molecule has 3 heteroatoms. The predicted octanol–water partition coefficient (Wildman–Crippen LogP) is 3.73. The van der Waals surface area contributed by atoms with Gasteiger partial charge in [-0.05, 0) is 44.0 Å². The van der Waals surface area contributed by atoms with E-state index in [1.807, 2.05) is 45.0 Å². The highest BCUT2D eigenvalue weighted by Crippen LogP contribution is 2.20. The zero-order valence-corrected chi connectivity index (χ0v) is 12.6. The molecule has 2 rings (SSSR count). The zero-order valence-electron chi connectivity index (χ0n) is 12.6. The van der Waals surface area contributed by atoms with Crippen molar-refractivity contribution in [2.24, 2.45) is 0 Å². The van der Waals surface area contributed by atoms with Gasteiger partial charge in [-0.3, -0.25) is 4.79 Å². The Balaban J connectivity index is 2.03. The van der Waals surface area contributed by atoms with E-state index in [4.69, 9.17) is 0 Å². The van der Waals surface area contributed by atoms with Crippen LogP contribution in [-0.2, 0) is 16.8 Å². The Hall–Kier alpha value is -2.16. The zero-order chi connectivity index (χ0) is 15.5. The maximum absolute atomic E-state index is 13.0. The molecule has 1 N–H and O–H groups in total. The topological polar surface area (TPSA) is 29.1 Å². The van der Waals surface area contributed by atoms with E-state index < -0.39 is 5.54 Å². The number of hydrogen-bond donors (Lipinski definition) is 1. The Kier molecular flexibility index (Phi) is 4.41. The minimum absolute atomic E-state index is 0.0480. The van der Waals surface area contributed by atoms with Crippen LogP contribution >= 0.6 is 0 Å².